The summed E-state index contributed by atoms with van der Waals surface area (Å²) in [6.07, 6.45) is 58.0. The number of unbranched alkanes of at least 4 members (excludes halogenated alkanes) is 35. The van der Waals surface area contributed by atoms with Gasteiger partial charge in [-0.15, -0.1) is 8.58 Å². The fraction of sp³-hybridized carbons (Fsp3) is 1.00. The van der Waals surface area contributed by atoms with Crippen molar-refractivity contribution in [3.8, 4) is 0 Å². The summed E-state index contributed by atoms with van der Waals surface area (Å²) in [4.78, 5) is 0. The summed E-state index contributed by atoms with van der Waals surface area (Å²) in [6, 6.07) is 0. The van der Waals surface area contributed by atoms with E-state index in [2.05, 4.69) is 13.8 Å². The SMILES string of the molecule is CCCCCCCCCCCCCCCCCCCCCPCCCCCCCCCCCCCCCCCCCC. The molecule has 0 amide bonds. The molecule has 0 bridgehead atoms. The summed E-state index contributed by atoms with van der Waals surface area (Å²) in [7, 11) is 1.25. The van der Waals surface area contributed by atoms with Crippen molar-refractivity contribution in [2.75, 3.05) is 12.3 Å². The average Bonchev–Trinajstić information content (AvgIpc) is 3.00. The summed E-state index contributed by atoms with van der Waals surface area (Å²) in [5.41, 5.74) is 0. The second-order valence-electron chi connectivity index (χ2n) is 14.1. The van der Waals surface area contributed by atoms with Gasteiger partial charge in [-0.05, 0) is 25.2 Å². The van der Waals surface area contributed by atoms with Gasteiger partial charge in [0.15, 0.2) is 0 Å². The second-order valence-corrected chi connectivity index (χ2v) is 15.6. The number of hydrogen-bond acceptors (Lipinski definition) is 0. The lowest BCUT2D eigenvalue weighted by Gasteiger charge is -2.05. The van der Waals surface area contributed by atoms with Crippen molar-refractivity contribution >= 4 is 8.58 Å². The van der Waals surface area contributed by atoms with E-state index in [0.29, 0.717) is 0 Å². The highest BCUT2D eigenvalue weighted by atomic mass is 31.1. The molecule has 0 spiro atoms. The minimum Gasteiger partial charge on any atom is -0.122 e. The Morgan fingerprint density at radius 2 is 0.333 bits per heavy atom. The molecule has 0 aromatic carbocycles. The Balaban J connectivity index is 3.02. The molecule has 42 heavy (non-hydrogen) atoms. The highest BCUT2D eigenvalue weighted by Gasteiger charge is 1.97. The fourth-order valence-corrected chi connectivity index (χ4v) is 7.86. The van der Waals surface area contributed by atoms with E-state index in [1.807, 2.05) is 0 Å². The van der Waals surface area contributed by atoms with E-state index >= 15 is 0 Å². The van der Waals surface area contributed by atoms with Gasteiger partial charge in [-0.1, -0.05) is 239 Å². The zero-order valence-electron chi connectivity index (χ0n) is 30.1. The molecule has 0 aromatic heterocycles. The van der Waals surface area contributed by atoms with Crippen LogP contribution in [0.4, 0.5) is 0 Å². The van der Waals surface area contributed by atoms with E-state index in [9.17, 15) is 0 Å². The minimum atomic E-state index is 1.25. The largest absolute Gasteiger partial charge is 0.122 e. The Morgan fingerprint density at radius 3 is 0.500 bits per heavy atom. The van der Waals surface area contributed by atoms with Gasteiger partial charge >= 0.3 is 0 Å². The van der Waals surface area contributed by atoms with Crippen LogP contribution in [0.15, 0.2) is 0 Å². The molecule has 0 aliphatic carbocycles. The molecule has 0 aromatic rings. The first kappa shape index (κ1) is 42.4. The molecule has 0 heterocycles. The van der Waals surface area contributed by atoms with Crippen molar-refractivity contribution in [1.82, 2.24) is 0 Å². The van der Waals surface area contributed by atoms with Crippen molar-refractivity contribution in [2.24, 2.45) is 0 Å². The summed E-state index contributed by atoms with van der Waals surface area (Å²) < 4.78 is 0. The van der Waals surface area contributed by atoms with Gasteiger partial charge in [-0.2, -0.15) is 0 Å². The average molecular weight is 609 g/mol. The van der Waals surface area contributed by atoms with Crippen molar-refractivity contribution < 1.29 is 0 Å². The Hall–Kier alpha value is 0.430. The molecule has 0 fully saturated rings. The predicted molar refractivity (Wildman–Crippen MR) is 200 cm³/mol. The Labute approximate surface area is 271 Å². The molecule has 0 radical (unpaired) electrons. The van der Waals surface area contributed by atoms with Gasteiger partial charge in [0.05, 0.1) is 0 Å². The van der Waals surface area contributed by atoms with Crippen LogP contribution in [0, 0.1) is 0 Å². The van der Waals surface area contributed by atoms with Crippen LogP contribution in [0.3, 0.4) is 0 Å². The predicted octanol–water partition coefficient (Wildman–Crippen LogP) is 16.1. The van der Waals surface area contributed by atoms with Crippen molar-refractivity contribution in [3.05, 3.63) is 0 Å². The second kappa shape index (κ2) is 41.4. The maximum Gasteiger partial charge on any atom is -0.0353 e. The maximum absolute atomic E-state index is 2.31. The third-order valence-electron chi connectivity index (χ3n) is 9.66. The molecule has 0 saturated heterocycles. The van der Waals surface area contributed by atoms with E-state index in [1.165, 1.54) is 258 Å². The molecule has 0 aliphatic heterocycles. The molecule has 0 nitrogen and oxygen atoms in total. The Bertz CT molecular complexity index is 393. The van der Waals surface area contributed by atoms with Crippen LogP contribution < -0.4 is 0 Å². The molecule has 0 saturated carbocycles. The Kier molecular flexibility index (Phi) is 41.9. The van der Waals surface area contributed by atoms with E-state index in [0.717, 1.165) is 0 Å². The zero-order chi connectivity index (χ0) is 30.3. The van der Waals surface area contributed by atoms with Gasteiger partial charge in [-0.3, -0.25) is 0 Å². The minimum absolute atomic E-state index is 1.25. The summed E-state index contributed by atoms with van der Waals surface area (Å²) in [6.45, 7) is 4.62. The molecule has 0 rings (SSSR count). The lowest BCUT2D eigenvalue weighted by atomic mass is 10.0. The van der Waals surface area contributed by atoms with E-state index < -0.39 is 0 Å². The van der Waals surface area contributed by atoms with Crippen LogP contribution in [0.2, 0.25) is 0 Å². The molecule has 0 N–H and O–H groups in total. The first-order chi connectivity index (χ1) is 20.9. The zero-order valence-corrected chi connectivity index (χ0v) is 31.1. The van der Waals surface area contributed by atoms with Crippen molar-refractivity contribution in [1.29, 1.82) is 0 Å². The van der Waals surface area contributed by atoms with Crippen molar-refractivity contribution in [2.45, 2.75) is 251 Å². The molecule has 254 valence electrons. The van der Waals surface area contributed by atoms with Gasteiger partial charge in [0.1, 0.15) is 0 Å². The third-order valence-corrected chi connectivity index (χ3v) is 11.1. The first-order valence-electron chi connectivity index (χ1n) is 20.6. The summed E-state index contributed by atoms with van der Waals surface area (Å²) in [5.74, 6) is 0. The van der Waals surface area contributed by atoms with E-state index in [-0.39, 0.29) is 0 Å². The molecular weight excluding hydrogens is 523 g/mol. The van der Waals surface area contributed by atoms with Gasteiger partial charge in [0, 0.05) is 0 Å². The van der Waals surface area contributed by atoms with Crippen LogP contribution >= 0.6 is 8.58 Å². The van der Waals surface area contributed by atoms with Crippen LogP contribution in [0.1, 0.15) is 251 Å². The first-order valence-corrected chi connectivity index (χ1v) is 22.0. The smallest absolute Gasteiger partial charge is 0.0353 e. The lowest BCUT2D eigenvalue weighted by molar-refractivity contribution is 0.524. The number of hydrogen-bond donors (Lipinski definition) is 0. The quantitative estimate of drug-likeness (QED) is 0.0481. The molecule has 0 aliphatic rings. The molecule has 1 heteroatoms. The molecular formula is C41H85P. The Morgan fingerprint density at radius 1 is 0.190 bits per heavy atom. The maximum atomic E-state index is 2.31. The highest BCUT2D eigenvalue weighted by molar-refractivity contribution is 7.37. The van der Waals surface area contributed by atoms with Crippen LogP contribution in [0.25, 0.3) is 0 Å². The van der Waals surface area contributed by atoms with E-state index in [4.69, 9.17) is 0 Å². The van der Waals surface area contributed by atoms with Crippen LogP contribution in [0.5, 0.6) is 0 Å². The summed E-state index contributed by atoms with van der Waals surface area (Å²) >= 11 is 0. The number of rotatable bonds is 39. The van der Waals surface area contributed by atoms with Gasteiger partial charge in [-0.25, -0.2) is 0 Å². The summed E-state index contributed by atoms with van der Waals surface area (Å²) in [5, 5.41) is 0. The van der Waals surface area contributed by atoms with Crippen molar-refractivity contribution in [3.63, 3.8) is 0 Å². The lowest BCUT2D eigenvalue weighted by Crippen LogP contribution is -1.86. The fourth-order valence-electron chi connectivity index (χ4n) is 6.61. The van der Waals surface area contributed by atoms with Crippen LogP contribution in [-0.2, 0) is 0 Å². The van der Waals surface area contributed by atoms with E-state index in [1.54, 1.807) is 0 Å². The monoisotopic (exact) mass is 609 g/mol. The highest BCUT2D eigenvalue weighted by Crippen LogP contribution is 2.19. The normalized spacial score (nSPS) is 11.9. The molecule has 1 unspecified atom stereocenters. The van der Waals surface area contributed by atoms with Gasteiger partial charge in [0.2, 0.25) is 0 Å². The standard InChI is InChI=1S/C41H85P/c1-3-5-7-9-11-13-15-17-19-21-23-25-27-29-31-33-35-37-39-41-42-40-38-36-34-32-30-28-26-24-22-20-18-16-14-12-10-8-6-4-2/h42H,3-41H2,1-2H3. The van der Waals surface area contributed by atoms with Gasteiger partial charge in [0.25, 0.3) is 0 Å². The van der Waals surface area contributed by atoms with Gasteiger partial charge < -0.3 is 0 Å². The topological polar surface area (TPSA) is 0 Å². The van der Waals surface area contributed by atoms with Crippen LogP contribution in [-0.4, -0.2) is 12.3 Å². The third kappa shape index (κ3) is 40.4. The molecule has 1 atom stereocenters.